The van der Waals surface area contributed by atoms with Gasteiger partial charge in [0.05, 0.1) is 0 Å². The van der Waals surface area contributed by atoms with Gasteiger partial charge in [0.1, 0.15) is 5.60 Å². The quantitative estimate of drug-likeness (QED) is 0.533. The zero-order chi connectivity index (χ0) is 15.3. The Morgan fingerprint density at radius 3 is 2.05 bits per heavy atom. The number of hydrogen-bond acceptors (Lipinski definition) is 2. The summed E-state index contributed by atoms with van der Waals surface area (Å²) in [6.07, 6.45) is 10.2. The fourth-order valence-corrected chi connectivity index (χ4v) is 5.95. The SMILES string of the molecule is C=C(C)C(=O)OC(C)(CCC)C12CC3CC(CC(C3)C1)C2. The van der Waals surface area contributed by atoms with Crippen molar-refractivity contribution in [1.82, 2.24) is 0 Å². The highest BCUT2D eigenvalue weighted by atomic mass is 16.6. The monoisotopic (exact) mass is 290 g/mol. The molecule has 0 spiro atoms. The van der Waals surface area contributed by atoms with E-state index in [0.717, 1.165) is 30.6 Å². The van der Waals surface area contributed by atoms with Crippen LogP contribution in [0.1, 0.15) is 72.1 Å². The molecule has 0 aliphatic heterocycles. The minimum atomic E-state index is -0.298. The summed E-state index contributed by atoms with van der Waals surface area (Å²) in [5, 5.41) is 0. The predicted octanol–water partition coefficient (Wildman–Crippen LogP) is 4.88. The summed E-state index contributed by atoms with van der Waals surface area (Å²) in [5.74, 6) is 2.46. The van der Waals surface area contributed by atoms with Crippen LogP contribution in [0.15, 0.2) is 12.2 Å². The fraction of sp³-hybridized carbons (Fsp3) is 0.842. The largest absolute Gasteiger partial charge is 0.455 e. The van der Waals surface area contributed by atoms with Gasteiger partial charge in [-0.2, -0.15) is 0 Å². The van der Waals surface area contributed by atoms with Crippen molar-refractivity contribution in [3.63, 3.8) is 0 Å². The molecule has 21 heavy (non-hydrogen) atoms. The van der Waals surface area contributed by atoms with Gasteiger partial charge in [0.15, 0.2) is 0 Å². The molecule has 0 aromatic heterocycles. The van der Waals surface area contributed by atoms with E-state index >= 15 is 0 Å². The Balaban J connectivity index is 1.89. The zero-order valence-corrected chi connectivity index (χ0v) is 13.9. The van der Waals surface area contributed by atoms with Crippen molar-refractivity contribution in [2.45, 2.75) is 77.7 Å². The van der Waals surface area contributed by atoms with E-state index in [4.69, 9.17) is 4.74 Å². The molecule has 0 aromatic rings. The summed E-state index contributed by atoms with van der Waals surface area (Å²) in [7, 11) is 0. The lowest BCUT2D eigenvalue weighted by Gasteiger charge is -2.62. The molecule has 0 aromatic carbocycles. The molecular formula is C19H30O2. The van der Waals surface area contributed by atoms with Gasteiger partial charge in [-0.25, -0.2) is 4.79 Å². The molecule has 0 N–H and O–H groups in total. The third-order valence-corrected chi connectivity index (χ3v) is 6.55. The third-order valence-electron chi connectivity index (χ3n) is 6.55. The van der Waals surface area contributed by atoms with Crippen molar-refractivity contribution >= 4 is 5.97 Å². The number of ether oxygens (including phenoxy) is 1. The molecule has 2 nitrogen and oxygen atoms in total. The summed E-state index contributed by atoms with van der Waals surface area (Å²) in [5.41, 5.74) is 0.471. The second-order valence-corrected chi connectivity index (χ2v) is 8.35. The van der Waals surface area contributed by atoms with Crippen molar-refractivity contribution in [2.75, 3.05) is 0 Å². The van der Waals surface area contributed by atoms with Crippen LogP contribution in [0, 0.1) is 23.2 Å². The first-order valence-corrected chi connectivity index (χ1v) is 8.76. The lowest BCUT2D eigenvalue weighted by Crippen LogP contribution is -2.58. The van der Waals surface area contributed by atoms with Crippen LogP contribution < -0.4 is 0 Å². The molecule has 4 aliphatic rings. The number of carbonyl (C=O) groups excluding carboxylic acids is 1. The molecule has 0 heterocycles. The topological polar surface area (TPSA) is 26.3 Å². The number of rotatable bonds is 5. The van der Waals surface area contributed by atoms with Crippen LogP contribution in [0.3, 0.4) is 0 Å². The van der Waals surface area contributed by atoms with Gasteiger partial charge in [-0.1, -0.05) is 19.9 Å². The van der Waals surface area contributed by atoms with E-state index in [1.165, 1.54) is 38.5 Å². The van der Waals surface area contributed by atoms with Crippen molar-refractivity contribution in [3.05, 3.63) is 12.2 Å². The van der Waals surface area contributed by atoms with E-state index in [9.17, 15) is 4.79 Å². The van der Waals surface area contributed by atoms with Gasteiger partial charge in [0.2, 0.25) is 0 Å². The minimum Gasteiger partial charge on any atom is -0.455 e. The van der Waals surface area contributed by atoms with Gasteiger partial charge >= 0.3 is 5.97 Å². The Labute approximate surface area is 129 Å². The standard InChI is InChI=1S/C19H30O2/c1-5-6-18(4,21-17(20)13(2)3)19-10-14-7-15(11-19)9-16(8-14)12-19/h14-16H,2,5-12H2,1,3-4H3. The molecule has 4 saturated carbocycles. The maximum Gasteiger partial charge on any atom is 0.333 e. The molecular weight excluding hydrogens is 260 g/mol. The number of carbonyl (C=O) groups is 1. The zero-order valence-electron chi connectivity index (χ0n) is 13.9. The Morgan fingerprint density at radius 1 is 1.19 bits per heavy atom. The predicted molar refractivity (Wildman–Crippen MR) is 84.8 cm³/mol. The molecule has 0 saturated heterocycles. The van der Waals surface area contributed by atoms with Gasteiger partial charge < -0.3 is 4.74 Å². The van der Waals surface area contributed by atoms with Gasteiger partial charge in [0.25, 0.3) is 0 Å². The molecule has 4 rings (SSSR count). The van der Waals surface area contributed by atoms with E-state index in [-0.39, 0.29) is 17.0 Å². The van der Waals surface area contributed by atoms with Crippen LogP contribution in [-0.2, 0) is 9.53 Å². The maximum absolute atomic E-state index is 12.2. The van der Waals surface area contributed by atoms with Gasteiger partial charge in [-0.15, -0.1) is 0 Å². The van der Waals surface area contributed by atoms with Crippen LogP contribution in [-0.4, -0.2) is 11.6 Å². The summed E-state index contributed by atoms with van der Waals surface area (Å²) >= 11 is 0. The lowest BCUT2D eigenvalue weighted by molar-refractivity contribution is -0.203. The minimum absolute atomic E-state index is 0.193. The maximum atomic E-state index is 12.2. The Morgan fingerprint density at radius 2 is 1.67 bits per heavy atom. The highest BCUT2D eigenvalue weighted by molar-refractivity contribution is 5.87. The first kappa shape index (κ1) is 15.1. The van der Waals surface area contributed by atoms with Crippen LogP contribution in [0.2, 0.25) is 0 Å². The molecule has 4 aliphatic carbocycles. The van der Waals surface area contributed by atoms with E-state index in [0.29, 0.717) is 5.57 Å². The normalized spacial score (nSPS) is 39.9. The van der Waals surface area contributed by atoms with Crippen molar-refractivity contribution in [3.8, 4) is 0 Å². The third kappa shape index (κ3) is 2.45. The molecule has 1 unspecified atom stereocenters. The van der Waals surface area contributed by atoms with Gasteiger partial charge in [0, 0.05) is 11.0 Å². The van der Waals surface area contributed by atoms with E-state index in [1.807, 2.05) is 0 Å². The smallest absolute Gasteiger partial charge is 0.333 e. The number of hydrogen-bond donors (Lipinski definition) is 0. The highest BCUT2D eigenvalue weighted by Gasteiger charge is 2.60. The van der Waals surface area contributed by atoms with Crippen LogP contribution in [0.4, 0.5) is 0 Å². The summed E-state index contributed by atoms with van der Waals surface area (Å²) < 4.78 is 6.09. The molecule has 4 fully saturated rings. The van der Waals surface area contributed by atoms with Crippen molar-refractivity contribution in [1.29, 1.82) is 0 Å². The van der Waals surface area contributed by atoms with Crippen molar-refractivity contribution < 1.29 is 9.53 Å². The van der Waals surface area contributed by atoms with Crippen LogP contribution in [0.25, 0.3) is 0 Å². The molecule has 0 amide bonds. The molecule has 4 bridgehead atoms. The molecule has 2 heteroatoms. The van der Waals surface area contributed by atoms with E-state index in [2.05, 4.69) is 20.4 Å². The lowest BCUT2D eigenvalue weighted by atomic mass is 9.45. The highest BCUT2D eigenvalue weighted by Crippen LogP contribution is 2.65. The first-order chi connectivity index (χ1) is 9.87. The molecule has 118 valence electrons. The van der Waals surface area contributed by atoms with E-state index < -0.39 is 0 Å². The second-order valence-electron chi connectivity index (χ2n) is 8.35. The van der Waals surface area contributed by atoms with Gasteiger partial charge in [-0.05, 0) is 76.5 Å². The summed E-state index contributed by atoms with van der Waals surface area (Å²) in [6.45, 7) is 9.94. The van der Waals surface area contributed by atoms with Crippen LogP contribution >= 0.6 is 0 Å². The Kier molecular flexibility index (Phi) is 3.70. The number of esters is 1. The average molecular weight is 290 g/mol. The van der Waals surface area contributed by atoms with Crippen LogP contribution in [0.5, 0.6) is 0 Å². The van der Waals surface area contributed by atoms with Crippen molar-refractivity contribution in [2.24, 2.45) is 23.2 Å². The first-order valence-electron chi connectivity index (χ1n) is 8.76. The molecule has 1 atom stereocenters. The Hall–Kier alpha value is -0.790. The van der Waals surface area contributed by atoms with E-state index in [1.54, 1.807) is 6.92 Å². The summed E-state index contributed by atoms with van der Waals surface area (Å²) in [4.78, 5) is 12.2. The Bertz CT molecular complexity index is 415. The average Bonchev–Trinajstić information content (AvgIpc) is 2.36. The second kappa shape index (κ2) is 5.14. The van der Waals surface area contributed by atoms with Gasteiger partial charge in [-0.3, -0.25) is 0 Å². The fourth-order valence-electron chi connectivity index (χ4n) is 5.95. The molecule has 0 radical (unpaired) electrons. The summed E-state index contributed by atoms with van der Waals surface area (Å²) in [6, 6.07) is 0.